The number of hydrogen-bond acceptors (Lipinski definition) is 4. The SMILES string of the molecule is COC(=O)N(C)c1ccc(NC(=O)CNC(=O)c2ccc(F)cc2)cc1. The van der Waals surface area contributed by atoms with Gasteiger partial charge in [-0.3, -0.25) is 14.5 Å². The third-order valence-corrected chi connectivity index (χ3v) is 3.50. The van der Waals surface area contributed by atoms with Gasteiger partial charge < -0.3 is 15.4 Å². The van der Waals surface area contributed by atoms with Gasteiger partial charge >= 0.3 is 6.09 Å². The zero-order valence-electron chi connectivity index (χ0n) is 14.3. The summed E-state index contributed by atoms with van der Waals surface area (Å²) in [5, 5.41) is 5.07. The molecule has 0 unspecified atom stereocenters. The van der Waals surface area contributed by atoms with Crippen LogP contribution in [0.15, 0.2) is 48.5 Å². The molecule has 26 heavy (non-hydrogen) atoms. The van der Waals surface area contributed by atoms with Crippen molar-refractivity contribution in [2.24, 2.45) is 0 Å². The molecule has 0 spiro atoms. The van der Waals surface area contributed by atoms with Crippen molar-refractivity contribution in [2.75, 3.05) is 30.9 Å². The average Bonchev–Trinajstić information content (AvgIpc) is 2.66. The lowest BCUT2D eigenvalue weighted by molar-refractivity contribution is -0.115. The number of benzene rings is 2. The number of ether oxygens (including phenoxy) is 1. The van der Waals surface area contributed by atoms with Crippen LogP contribution in [-0.2, 0) is 9.53 Å². The lowest BCUT2D eigenvalue weighted by Crippen LogP contribution is -2.32. The predicted molar refractivity (Wildman–Crippen MR) is 94.6 cm³/mol. The van der Waals surface area contributed by atoms with Crippen molar-refractivity contribution in [3.05, 3.63) is 59.9 Å². The van der Waals surface area contributed by atoms with Crippen molar-refractivity contribution < 1.29 is 23.5 Å². The van der Waals surface area contributed by atoms with Gasteiger partial charge in [-0.05, 0) is 48.5 Å². The molecule has 136 valence electrons. The quantitative estimate of drug-likeness (QED) is 0.858. The van der Waals surface area contributed by atoms with Gasteiger partial charge in [0.2, 0.25) is 5.91 Å². The van der Waals surface area contributed by atoms with Gasteiger partial charge in [-0.2, -0.15) is 0 Å². The van der Waals surface area contributed by atoms with Gasteiger partial charge in [0, 0.05) is 24.0 Å². The van der Waals surface area contributed by atoms with Crippen LogP contribution in [0.5, 0.6) is 0 Å². The van der Waals surface area contributed by atoms with E-state index in [1.54, 1.807) is 31.3 Å². The first-order chi connectivity index (χ1) is 12.4. The Morgan fingerprint density at radius 2 is 1.65 bits per heavy atom. The molecule has 0 bridgehead atoms. The zero-order chi connectivity index (χ0) is 19.1. The molecule has 0 saturated carbocycles. The molecule has 8 heteroatoms. The number of nitrogens with zero attached hydrogens (tertiary/aromatic N) is 1. The second-order valence-corrected chi connectivity index (χ2v) is 5.31. The maximum Gasteiger partial charge on any atom is 0.413 e. The fourth-order valence-corrected chi connectivity index (χ4v) is 2.08. The minimum absolute atomic E-state index is 0.236. The van der Waals surface area contributed by atoms with E-state index >= 15 is 0 Å². The molecule has 7 nitrogen and oxygen atoms in total. The number of halogens is 1. The first kappa shape index (κ1) is 18.9. The van der Waals surface area contributed by atoms with E-state index in [-0.39, 0.29) is 12.1 Å². The van der Waals surface area contributed by atoms with Crippen molar-refractivity contribution in [1.29, 1.82) is 0 Å². The number of hydrogen-bond donors (Lipinski definition) is 2. The van der Waals surface area contributed by atoms with Crippen LogP contribution in [0.4, 0.5) is 20.6 Å². The van der Waals surface area contributed by atoms with Gasteiger partial charge in [0.1, 0.15) is 5.82 Å². The van der Waals surface area contributed by atoms with Crippen LogP contribution in [0.3, 0.4) is 0 Å². The number of carbonyl (C=O) groups excluding carboxylic acids is 3. The fourth-order valence-electron chi connectivity index (χ4n) is 2.08. The van der Waals surface area contributed by atoms with Crippen LogP contribution in [0.1, 0.15) is 10.4 Å². The molecule has 3 amide bonds. The Morgan fingerprint density at radius 3 is 2.23 bits per heavy atom. The molecule has 2 aromatic carbocycles. The molecule has 0 aliphatic heterocycles. The Balaban J connectivity index is 1.86. The highest BCUT2D eigenvalue weighted by molar-refractivity contribution is 5.99. The molecule has 0 heterocycles. The second-order valence-electron chi connectivity index (χ2n) is 5.31. The Morgan fingerprint density at radius 1 is 1.04 bits per heavy atom. The van der Waals surface area contributed by atoms with Crippen LogP contribution in [-0.4, -0.2) is 38.6 Å². The predicted octanol–water partition coefficient (Wildman–Crippen LogP) is 2.40. The van der Waals surface area contributed by atoms with Crippen LogP contribution >= 0.6 is 0 Å². The number of methoxy groups -OCH3 is 1. The molecule has 2 N–H and O–H groups in total. The summed E-state index contributed by atoms with van der Waals surface area (Å²) in [6.07, 6.45) is -0.509. The molecule has 0 saturated heterocycles. The normalized spacial score (nSPS) is 9.96. The molecule has 2 aromatic rings. The van der Waals surface area contributed by atoms with E-state index in [1.807, 2.05) is 0 Å². The van der Waals surface area contributed by atoms with Crippen molar-refractivity contribution in [3.8, 4) is 0 Å². The summed E-state index contributed by atoms with van der Waals surface area (Å²) < 4.78 is 17.4. The molecule has 0 aromatic heterocycles. The minimum atomic E-state index is -0.509. The zero-order valence-corrected chi connectivity index (χ0v) is 14.3. The third-order valence-electron chi connectivity index (χ3n) is 3.50. The summed E-state index contributed by atoms with van der Waals surface area (Å²) in [7, 11) is 2.85. The van der Waals surface area contributed by atoms with Crippen LogP contribution < -0.4 is 15.5 Å². The van der Waals surface area contributed by atoms with Gasteiger partial charge in [-0.1, -0.05) is 0 Å². The summed E-state index contributed by atoms with van der Waals surface area (Å²) in [4.78, 5) is 36.5. The van der Waals surface area contributed by atoms with Gasteiger partial charge in [-0.15, -0.1) is 0 Å². The highest BCUT2D eigenvalue weighted by Crippen LogP contribution is 2.17. The van der Waals surface area contributed by atoms with E-state index in [9.17, 15) is 18.8 Å². The van der Waals surface area contributed by atoms with E-state index in [0.717, 1.165) is 0 Å². The summed E-state index contributed by atoms with van der Waals surface area (Å²) in [5.41, 5.74) is 1.36. The molecule has 0 atom stereocenters. The first-order valence-electron chi connectivity index (χ1n) is 7.66. The van der Waals surface area contributed by atoms with E-state index in [0.29, 0.717) is 11.4 Å². The van der Waals surface area contributed by atoms with Crippen molar-refractivity contribution >= 4 is 29.3 Å². The molecule has 0 radical (unpaired) electrons. The number of carbonyl (C=O) groups is 3. The summed E-state index contributed by atoms with van der Waals surface area (Å²) in [6, 6.07) is 11.5. The number of nitrogens with one attached hydrogen (secondary N) is 2. The Kier molecular flexibility index (Phi) is 6.26. The van der Waals surface area contributed by atoms with Crippen LogP contribution in [0, 0.1) is 5.82 Å². The molecule has 0 fully saturated rings. The smallest absolute Gasteiger partial charge is 0.413 e. The summed E-state index contributed by atoms with van der Waals surface area (Å²) >= 11 is 0. The number of anilines is 2. The first-order valence-corrected chi connectivity index (χ1v) is 7.66. The van der Waals surface area contributed by atoms with Crippen LogP contribution in [0.2, 0.25) is 0 Å². The molecule has 0 aliphatic rings. The Labute approximate surface area is 149 Å². The molecule has 0 aliphatic carbocycles. The molecular weight excluding hydrogens is 341 g/mol. The van der Waals surface area contributed by atoms with Gasteiger partial charge in [-0.25, -0.2) is 9.18 Å². The topological polar surface area (TPSA) is 87.7 Å². The standard InChI is InChI=1S/C18H18FN3O4/c1-22(18(25)26-2)15-9-7-14(8-10-15)21-16(23)11-20-17(24)12-3-5-13(19)6-4-12/h3-10H,11H2,1-2H3,(H,20,24)(H,21,23). The lowest BCUT2D eigenvalue weighted by atomic mass is 10.2. The maximum atomic E-state index is 12.8. The van der Waals surface area contributed by atoms with Gasteiger partial charge in [0.25, 0.3) is 5.91 Å². The number of rotatable bonds is 5. The average molecular weight is 359 g/mol. The highest BCUT2D eigenvalue weighted by atomic mass is 19.1. The maximum absolute atomic E-state index is 12.8. The van der Waals surface area contributed by atoms with E-state index < -0.39 is 23.7 Å². The van der Waals surface area contributed by atoms with Gasteiger partial charge in [0.15, 0.2) is 0 Å². The van der Waals surface area contributed by atoms with Crippen molar-refractivity contribution in [2.45, 2.75) is 0 Å². The largest absolute Gasteiger partial charge is 0.452 e. The Hall–Kier alpha value is -3.42. The van der Waals surface area contributed by atoms with Gasteiger partial charge in [0.05, 0.1) is 13.7 Å². The van der Waals surface area contributed by atoms with Crippen LogP contribution in [0.25, 0.3) is 0 Å². The highest BCUT2D eigenvalue weighted by Gasteiger charge is 2.11. The number of amides is 3. The minimum Gasteiger partial charge on any atom is -0.452 e. The Bertz CT molecular complexity index is 791. The van der Waals surface area contributed by atoms with E-state index in [2.05, 4.69) is 15.4 Å². The van der Waals surface area contributed by atoms with Crippen molar-refractivity contribution in [3.63, 3.8) is 0 Å². The summed E-state index contributed by atoms with van der Waals surface area (Å²) in [6.45, 7) is -0.236. The second kappa shape index (κ2) is 8.61. The lowest BCUT2D eigenvalue weighted by Gasteiger charge is -2.16. The van der Waals surface area contributed by atoms with E-state index in [1.165, 1.54) is 36.3 Å². The third kappa shape index (κ3) is 5.04. The molecular formula is C18H18FN3O4. The van der Waals surface area contributed by atoms with E-state index in [4.69, 9.17) is 0 Å². The van der Waals surface area contributed by atoms with Crippen molar-refractivity contribution in [1.82, 2.24) is 5.32 Å². The molecule has 2 rings (SSSR count). The monoisotopic (exact) mass is 359 g/mol. The fraction of sp³-hybridized carbons (Fsp3) is 0.167. The summed E-state index contributed by atoms with van der Waals surface area (Å²) in [5.74, 6) is -1.34.